The topological polar surface area (TPSA) is 109 Å². The maximum atomic E-state index is 12.9. The molecule has 1 aromatic carbocycles. The highest BCUT2D eigenvalue weighted by Crippen LogP contribution is 2.27. The fraction of sp³-hybridized carbons (Fsp3) is 0.481. The maximum Gasteiger partial charge on any atom is 0.231 e. The molecule has 0 bridgehead atoms. The molecule has 2 aromatic heterocycles. The van der Waals surface area contributed by atoms with Gasteiger partial charge in [0.15, 0.2) is 0 Å². The molecule has 1 fully saturated rings. The number of β-amino-alcohol motifs (C(OH)–C–C–N with tert-alkyl or cyclic N) is 1. The molecule has 0 radical (unpaired) electrons. The van der Waals surface area contributed by atoms with Crippen molar-refractivity contribution in [3.05, 3.63) is 58.6 Å². The number of aliphatic hydroxyl groups excluding tert-OH is 1. The van der Waals surface area contributed by atoms with E-state index in [1.165, 1.54) is 11.3 Å². The summed E-state index contributed by atoms with van der Waals surface area (Å²) in [5.41, 5.74) is 6.02. The second kappa shape index (κ2) is 14.6. The van der Waals surface area contributed by atoms with Crippen LogP contribution in [0.25, 0.3) is 10.4 Å². The standard InChI is InChI=1S/C23H28N4O3S.C3H8.CH2O/c1-14(2)20-9-19(30-26-20)10-22(29)27-12-18(28)8-21(27)24-11-16-4-6-17(7-5-16)23-15(3)25-13-31-23;1-3-2;1-2/h4-7,9,13-14,18,21,24,28H,8,10-12H2,1-3H3;3H2,1-2H3;1H2. The van der Waals surface area contributed by atoms with Crippen molar-refractivity contribution in [2.75, 3.05) is 6.54 Å². The Kier molecular flexibility index (Phi) is 11.9. The fourth-order valence-corrected chi connectivity index (χ4v) is 4.62. The Morgan fingerprint density at radius 1 is 1.28 bits per heavy atom. The third-order valence-corrected chi connectivity index (χ3v) is 6.57. The summed E-state index contributed by atoms with van der Waals surface area (Å²) in [5, 5.41) is 17.6. The van der Waals surface area contributed by atoms with Gasteiger partial charge in [0.25, 0.3) is 0 Å². The van der Waals surface area contributed by atoms with Gasteiger partial charge in [0.1, 0.15) is 12.5 Å². The summed E-state index contributed by atoms with van der Waals surface area (Å²) < 4.78 is 5.31. The lowest BCUT2D eigenvalue weighted by atomic mass is 10.1. The van der Waals surface area contributed by atoms with Crippen LogP contribution in [-0.2, 0) is 22.6 Å². The van der Waals surface area contributed by atoms with E-state index in [1.54, 1.807) is 16.2 Å². The molecule has 0 spiro atoms. The Bertz CT molecular complexity index is 1060. The van der Waals surface area contributed by atoms with Crippen LogP contribution in [0, 0.1) is 6.92 Å². The summed E-state index contributed by atoms with van der Waals surface area (Å²) in [5.74, 6) is 0.737. The van der Waals surface area contributed by atoms with Crippen LogP contribution in [0.3, 0.4) is 0 Å². The third kappa shape index (κ3) is 8.08. The van der Waals surface area contributed by atoms with Gasteiger partial charge >= 0.3 is 0 Å². The number of rotatable bonds is 7. The van der Waals surface area contributed by atoms with Crippen LogP contribution in [0.5, 0.6) is 0 Å². The van der Waals surface area contributed by atoms with Gasteiger partial charge < -0.3 is 19.3 Å². The van der Waals surface area contributed by atoms with Gasteiger partial charge in [-0.25, -0.2) is 4.98 Å². The lowest BCUT2D eigenvalue weighted by Crippen LogP contribution is -2.45. The molecule has 3 aromatic rings. The molecule has 2 N–H and O–H groups in total. The summed E-state index contributed by atoms with van der Waals surface area (Å²) in [4.78, 5) is 28.1. The van der Waals surface area contributed by atoms with Gasteiger partial charge in [-0.15, -0.1) is 11.3 Å². The maximum absolute atomic E-state index is 12.9. The average Bonchev–Trinajstić information content (AvgIpc) is 3.60. The number of aromatic nitrogens is 2. The number of likely N-dealkylation sites (tertiary alicyclic amines) is 1. The molecule has 2 unspecified atom stereocenters. The summed E-state index contributed by atoms with van der Waals surface area (Å²) in [6.07, 6.45) is 1.17. The van der Waals surface area contributed by atoms with Crippen LogP contribution in [0.15, 0.2) is 40.4 Å². The van der Waals surface area contributed by atoms with E-state index < -0.39 is 6.10 Å². The number of aryl methyl sites for hydroxylation is 1. The Balaban J connectivity index is 0.000000850. The van der Waals surface area contributed by atoms with Gasteiger partial charge in [-0.2, -0.15) is 0 Å². The molecular weight excluding hydrogens is 476 g/mol. The molecule has 9 heteroatoms. The van der Waals surface area contributed by atoms with E-state index in [4.69, 9.17) is 9.32 Å². The number of benzene rings is 1. The van der Waals surface area contributed by atoms with Crippen LogP contribution < -0.4 is 5.32 Å². The van der Waals surface area contributed by atoms with Gasteiger partial charge in [0.05, 0.1) is 40.5 Å². The first-order chi connectivity index (χ1) is 17.3. The van der Waals surface area contributed by atoms with Crippen molar-refractivity contribution < 1.29 is 19.2 Å². The van der Waals surface area contributed by atoms with Gasteiger partial charge in [-0.1, -0.05) is 63.5 Å². The quantitative estimate of drug-likeness (QED) is 0.470. The largest absolute Gasteiger partial charge is 0.391 e. The minimum Gasteiger partial charge on any atom is -0.391 e. The lowest BCUT2D eigenvalue weighted by Gasteiger charge is -2.25. The van der Waals surface area contributed by atoms with E-state index in [-0.39, 0.29) is 24.4 Å². The van der Waals surface area contributed by atoms with Crippen molar-refractivity contribution >= 4 is 24.0 Å². The van der Waals surface area contributed by atoms with E-state index >= 15 is 0 Å². The van der Waals surface area contributed by atoms with Crippen molar-refractivity contribution in [1.29, 1.82) is 0 Å². The Morgan fingerprint density at radius 2 is 1.94 bits per heavy atom. The SMILES string of the molecule is C=O.CCC.Cc1ncsc1-c1ccc(CNC2CC(O)CN2C(=O)Cc2cc(C(C)C)no2)cc1. The zero-order valence-corrected chi connectivity index (χ0v) is 22.7. The molecule has 0 aliphatic carbocycles. The summed E-state index contributed by atoms with van der Waals surface area (Å²) in [7, 11) is 0. The molecule has 1 saturated heterocycles. The molecule has 1 aliphatic heterocycles. The summed E-state index contributed by atoms with van der Waals surface area (Å²) >= 11 is 1.64. The minimum absolute atomic E-state index is 0.0727. The van der Waals surface area contributed by atoms with Gasteiger partial charge in [0.2, 0.25) is 5.91 Å². The first-order valence-corrected chi connectivity index (χ1v) is 13.1. The zero-order valence-electron chi connectivity index (χ0n) is 21.9. The number of carbonyl (C=O) groups is 2. The molecule has 1 amide bonds. The van der Waals surface area contributed by atoms with E-state index in [9.17, 15) is 9.90 Å². The lowest BCUT2D eigenvalue weighted by molar-refractivity contribution is -0.132. The Hall–Kier alpha value is -2.88. The molecule has 8 nitrogen and oxygen atoms in total. The number of nitrogens with zero attached hydrogens (tertiary/aromatic N) is 3. The van der Waals surface area contributed by atoms with Crippen LogP contribution in [-0.4, -0.2) is 51.7 Å². The molecule has 196 valence electrons. The molecule has 36 heavy (non-hydrogen) atoms. The normalized spacial score (nSPS) is 16.8. The monoisotopic (exact) mass is 514 g/mol. The second-order valence-corrected chi connectivity index (χ2v) is 9.91. The van der Waals surface area contributed by atoms with Crippen LogP contribution in [0.1, 0.15) is 69.2 Å². The molecule has 4 rings (SSSR count). The molecule has 3 heterocycles. The van der Waals surface area contributed by atoms with Gasteiger partial charge in [0, 0.05) is 25.6 Å². The van der Waals surface area contributed by atoms with Crippen LogP contribution >= 0.6 is 11.3 Å². The van der Waals surface area contributed by atoms with Gasteiger partial charge in [-0.3, -0.25) is 10.1 Å². The predicted octanol–water partition coefficient (Wildman–Crippen LogP) is 4.71. The minimum atomic E-state index is -0.529. The predicted molar refractivity (Wildman–Crippen MR) is 143 cm³/mol. The molecular formula is C27H38N4O4S. The van der Waals surface area contributed by atoms with E-state index in [2.05, 4.69) is 53.6 Å². The molecule has 1 aliphatic rings. The summed E-state index contributed by atoms with van der Waals surface area (Å²) in [6, 6.07) is 10.2. The number of thiazole rings is 1. The number of carbonyl (C=O) groups excluding carboxylic acids is 2. The number of hydrogen-bond acceptors (Lipinski definition) is 8. The summed E-state index contributed by atoms with van der Waals surface area (Å²) in [6.45, 7) is 13.3. The van der Waals surface area contributed by atoms with Crippen LogP contribution in [0.2, 0.25) is 0 Å². The van der Waals surface area contributed by atoms with Crippen molar-refractivity contribution in [2.24, 2.45) is 0 Å². The van der Waals surface area contributed by atoms with E-state index in [1.807, 2.05) is 39.1 Å². The van der Waals surface area contributed by atoms with Gasteiger partial charge in [-0.05, 0) is 24.0 Å². The second-order valence-electron chi connectivity index (χ2n) is 9.05. The number of hydrogen-bond donors (Lipinski definition) is 2. The van der Waals surface area contributed by atoms with Crippen LogP contribution in [0.4, 0.5) is 0 Å². The number of amides is 1. The van der Waals surface area contributed by atoms with Crippen molar-refractivity contribution in [1.82, 2.24) is 20.4 Å². The first kappa shape index (κ1) is 29.4. The van der Waals surface area contributed by atoms with Crippen molar-refractivity contribution in [3.8, 4) is 10.4 Å². The van der Waals surface area contributed by atoms with Crippen molar-refractivity contribution in [3.63, 3.8) is 0 Å². The van der Waals surface area contributed by atoms with E-state index in [0.717, 1.165) is 22.5 Å². The van der Waals surface area contributed by atoms with E-state index in [0.29, 0.717) is 25.3 Å². The molecule has 2 atom stereocenters. The Labute approximate surface area is 217 Å². The Morgan fingerprint density at radius 3 is 2.50 bits per heavy atom. The molecule has 0 saturated carbocycles. The number of aliphatic hydroxyl groups is 1. The zero-order chi connectivity index (χ0) is 26.7. The van der Waals surface area contributed by atoms with Crippen molar-refractivity contribution in [2.45, 2.75) is 78.6 Å². The highest BCUT2D eigenvalue weighted by molar-refractivity contribution is 7.13. The smallest absolute Gasteiger partial charge is 0.231 e. The fourth-order valence-electron chi connectivity index (χ4n) is 3.81. The number of nitrogens with one attached hydrogen (secondary N) is 1. The highest BCUT2D eigenvalue weighted by Gasteiger charge is 2.34. The third-order valence-electron chi connectivity index (χ3n) is 5.60. The average molecular weight is 515 g/mol. The highest BCUT2D eigenvalue weighted by atomic mass is 32.1. The first-order valence-electron chi connectivity index (χ1n) is 12.3.